The summed E-state index contributed by atoms with van der Waals surface area (Å²) in [6.07, 6.45) is 0.272. The SMILES string of the molecule is C/C(N)=C/C(=O)C(C)O. The summed E-state index contributed by atoms with van der Waals surface area (Å²) in [5.74, 6) is -0.352. The number of carbonyl (C=O) groups is 1. The first-order chi connectivity index (χ1) is 4.04. The van der Waals surface area contributed by atoms with Crippen LogP contribution in [0.1, 0.15) is 13.8 Å². The van der Waals surface area contributed by atoms with Gasteiger partial charge in [0.15, 0.2) is 5.78 Å². The van der Waals surface area contributed by atoms with E-state index in [4.69, 9.17) is 10.8 Å². The van der Waals surface area contributed by atoms with Crippen LogP contribution in [0.4, 0.5) is 0 Å². The second kappa shape index (κ2) is 3.25. The molecule has 0 aromatic rings. The van der Waals surface area contributed by atoms with Crippen LogP contribution < -0.4 is 5.73 Å². The molecule has 0 aliphatic carbocycles. The molecule has 9 heavy (non-hydrogen) atoms. The predicted molar refractivity (Wildman–Crippen MR) is 34.6 cm³/mol. The maximum absolute atomic E-state index is 10.5. The molecule has 1 unspecified atom stereocenters. The van der Waals surface area contributed by atoms with E-state index in [2.05, 4.69) is 0 Å². The van der Waals surface area contributed by atoms with Crippen molar-refractivity contribution in [1.82, 2.24) is 0 Å². The highest BCUT2D eigenvalue weighted by Crippen LogP contribution is 1.87. The minimum atomic E-state index is -0.941. The highest BCUT2D eigenvalue weighted by molar-refractivity contribution is 5.93. The summed E-state index contributed by atoms with van der Waals surface area (Å²) in [5, 5.41) is 8.62. The quantitative estimate of drug-likeness (QED) is 0.507. The van der Waals surface area contributed by atoms with E-state index in [1.807, 2.05) is 0 Å². The molecule has 0 spiro atoms. The number of aliphatic hydroxyl groups is 1. The first-order valence-corrected chi connectivity index (χ1v) is 2.69. The van der Waals surface area contributed by atoms with E-state index in [1.165, 1.54) is 13.0 Å². The monoisotopic (exact) mass is 129 g/mol. The van der Waals surface area contributed by atoms with Gasteiger partial charge in [-0.2, -0.15) is 0 Å². The average Bonchev–Trinajstić information content (AvgIpc) is 1.63. The predicted octanol–water partition coefficient (Wildman–Crippen LogP) is -0.201. The number of hydrogen-bond donors (Lipinski definition) is 2. The molecule has 0 radical (unpaired) electrons. The van der Waals surface area contributed by atoms with Gasteiger partial charge in [-0.05, 0) is 13.8 Å². The van der Waals surface area contributed by atoms with Crippen molar-refractivity contribution in [3.8, 4) is 0 Å². The molecule has 0 saturated carbocycles. The standard InChI is InChI=1S/C6H11NO2/c1-4(7)3-6(9)5(2)8/h3,5,8H,7H2,1-2H3/b4-3-. The minimum Gasteiger partial charge on any atom is -0.402 e. The van der Waals surface area contributed by atoms with Crippen LogP contribution in [-0.4, -0.2) is 17.0 Å². The fourth-order valence-electron chi connectivity index (χ4n) is 0.345. The van der Waals surface area contributed by atoms with Crippen molar-refractivity contribution in [2.24, 2.45) is 5.73 Å². The van der Waals surface area contributed by atoms with Gasteiger partial charge in [0.25, 0.3) is 0 Å². The third kappa shape index (κ3) is 3.73. The topological polar surface area (TPSA) is 63.3 Å². The van der Waals surface area contributed by atoms with Crippen LogP contribution in [0.25, 0.3) is 0 Å². The Bertz CT molecular complexity index is 134. The zero-order valence-electron chi connectivity index (χ0n) is 5.59. The lowest BCUT2D eigenvalue weighted by atomic mass is 10.2. The summed E-state index contributed by atoms with van der Waals surface area (Å²) in [6, 6.07) is 0. The van der Waals surface area contributed by atoms with Crippen LogP contribution in [0.2, 0.25) is 0 Å². The molecule has 0 saturated heterocycles. The second-order valence-corrected chi connectivity index (χ2v) is 1.97. The smallest absolute Gasteiger partial charge is 0.185 e. The minimum absolute atomic E-state index is 0.352. The summed E-state index contributed by atoms with van der Waals surface area (Å²) in [6.45, 7) is 3.00. The second-order valence-electron chi connectivity index (χ2n) is 1.97. The summed E-state index contributed by atoms with van der Waals surface area (Å²) in [7, 11) is 0. The largest absolute Gasteiger partial charge is 0.402 e. The fourth-order valence-corrected chi connectivity index (χ4v) is 0.345. The van der Waals surface area contributed by atoms with E-state index in [1.54, 1.807) is 6.92 Å². The summed E-state index contributed by atoms with van der Waals surface area (Å²) in [4.78, 5) is 10.5. The Morgan fingerprint density at radius 3 is 2.33 bits per heavy atom. The Balaban J connectivity index is 3.93. The first-order valence-electron chi connectivity index (χ1n) is 2.69. The van der Waals surface area contributed by atoms with E-state index in [0.717, 1.165) is 0 Å². The molecule has 0 rings (SSSR count). The van der Waals surface area contributed by atoms with Gasteiger partial charge in [0.05, 0.1) is 0 Å². The Morgan fingerprint density at radius 1 is 1.78 bits per heavy atom. The molecule has 0 bridgehead atoms. The third-order valence-corrected chi connectivity index (χ3v) is 0.782. The highest BCUT2D eigenvalue weighted by Gasteiger charge is 2.03. The normalized spacial score (nSPS) is 15.2. The molecule has 3 heteroatoms. The number of ketones is 1. The molecular weight excluding hydrogens is 118 g/mol. The molecule has 3 nitrogen and oxygen atoms in total. The number of hydrogen-bond acceptors (Lipinski definition) is 3. The molecule has 0 heterocycles. The van der Waals surface area contributed by atoms with E-state index in [-0.39, 0.29) is 5.78 Å². The van der Waals surface area contributed by atoms with Gasteiger partial charge in [0.2, 0.25) is 0 Å². The maximum atomic E-state index is 10.5. The van der Waals surface area contributed by atoms with E-state index in [0.29, 0.717) is 5.70 Å². The van der Waals surface area contributed by atoms with Crippen LogP contribution in [0.5, 0.6) is 0 Å². The number of rotatable bonds is 2. The fraction of sp³-hybridized carbons (Fsp3) is 0.500. The summed E-state index contributed by atoms with van der Waals surface area (Å²) >= 11 is 0. The molecule has 0 aromatic carbocycles. The zero-order chi connectivity index (χ0) is 7.44. The molecule has 0 aromatic heterocycles. The molecule has 0 fully saturated rings. The van der Waals surface area contributed by atoms with E-state index >= 15 is 0 Å². The Hall–Kier alpha value is -0.830. The first kappa shape index (κ1) is 8.17. The van der Waals surface area contributed by atoms with Gasteiger partial charge in [-0.15, -0.1) is 0 Å². The number of nitrogens with two attached hydrogens (primary N) is 1. The number of carbonyl (C=O) groups excluding carboxylic acids is 1. The van der Waals surface area contributed by atoms with Gasteiger partial charge >= 0.3 is 0 Å². The summed E-state index contributed by atoms with van der Waals surface area (Å²) < 4.78 is 0. The van der Waals surface area contributed by atoms with E-state index in [9.17, 15) is 4.79 Å². The van der Waals surface area contributed by atoms with Crippen molar-refractivity contribution >= 4 is 5.78 Å². The van der Waals surface area contributed by atoms with Crippen LogP contribution in [0.3, 0.4) is 0 Å². The van der Waals surface area contributed by atoms with Crippen molar-refractivity contribution in [3.05, 3.63) is 11.8 Å². The van der Waals surface area contributed by atoms with Gasteiger partial charge in [0, 0.05) is 11.8 Å². The highest BCUT2D eigenvalue weighted by atomic mass is 16.3. The molecule has 1 atom stereocenters. The van der Waals surface area contributed by atoms with Crippen LogP contribution in [0, 0.1) is 0 Å². The third-order valence-electron chi connectivity index (χ3n) is 0.782. The zero-order valence-corrected chi connectivity index (χ0v) is 5.59. The van der Waals surface area contributed by atoms with Gasteiger partial charge in [-0.25, -0.2) is 0 Å². The number of allylic oxidation sites excluding steroid dienone is 1. The van der Waals surface area contributed by atoms with Gasteiger partial charge in [-0.3, -0.25) is 4.79 Å². The van der Waals surface area contributed by atoms with Gasteiger partial charge in [-0.1, -0.05) is 0 Å². The van der Waals surface area contributed by atoms with Crippen LogP contribution >= 0.6 is 0 Å². The maximum Gasteiger partial charge on any atom is 0.185 e. The lowest BCUT2D eigenvalue weighted by Crippen LogP contribution is -2.14. The Labute approximate surface area is 54.2 Å². The average molecular weight is 129 g/mol. The molecule has 0 aliphatic rings. The Morgan fingerprint density at radius 2 is 2.22 bits per heavy atom. The summed E-state index contributed by atoms with van der Waals surface area (Å²) in [5.41, 5.74) is 5.58. The van der Waals surface area contributed by atoms with Crippen molar-refractivity contribution in [2.45, 2.75) is 20.0 Å². The van der Waals surface area contributed by atoms with Gasteiger partial charge < -0.3 is 10.8 Å². The van der Waals surface area contributed by atoms with Crippen molar-refractivity contribution in [2.75, 3.05) is 0 Å². The molecule has 0 aliphatic heterocycles. The van der Waals surface area contributed by atoms with Crippen molar-refractivity contribution < 1.29 is 9.90 Å². The molecular formula is C6H11NO2. The lowest BCUT2D eigenvalue weighted by molar-refractivity contribution is -0.121. The molecule has 3 N–H and O–H groups in total. The molecule has 0 amide bonds. The Kier molecular flexibility index (Phi) is 2.95. The van der Waals surface area contributed by atoms with Crippen molar-refractivity contribution in [3.63, 3.8) is 0 Å². The molecule has 52 valence electrons. The van der Waals surface area contributed by atoms with Crippen LogP contribution in [0.15, 0.2) is 11.8 Å². The lowest BCUT2D eigenvalue weighted by Gasteiger charge is -1.96. The number of aliphatic hydroxyl groups excluding tert-OH is 1. The van der Waals surface area contributed by atoms with Gasteiger partial charge in [0.1, 0.15) is 6.10 Å². The van der Waals surface area contributed by atoms with E-state index < -0.39 is 6.10 Å². The van der Waals surface area contributed by atoms with Crippen LogP contribution in [-0.2, 0) is 4.79 Å². The van der Waals surface area contributed by atoms with Crippen molar-refractivity contribution in [1.29, 1.82) is 0 Å².